The maximum atomic E-state index is 12.2. The number of nitrogens with zero attached hydrogens (tertiary/aromatic N) is 1. The first kappa shape index (κ1) is 13.5. The quantitative estimate of drug-likeness (QED) is 0.925. The molecule has 1 aromatic carbocycles. The molecule has 1 N–H and O–H groups in total. The number of aromatic nitrogens is 1. The van der Waals surface area contributed by atoms with Gasteiger partial charge in [-0.15, -0.1) is 0 Å². The molecule has 2 rings (SSSR count). The summed E-state index contributed by atoms with van der Waals surface area (Å²) < 4.78 is 36.5. The third-order valence-electron chi connectivity index (χ3n) is 2.66. The van der Waals surface area contributed by atoms with Gasteiger partial charge in [0.1, 0.15) is 6.10 Å². The zero-order valence-corrected chi connectivity index (χ0v) is 9.93. The second-order valence-corrected chi connectivity index (χ2v) is 4.19. The molecule has 1 unspecified atom stereocenters. The van der Waals surface area contributed by atoms with Gasteiger partial charge in [-0.25, -0.2) is 0 Å². The lowest BCUT2D eigenvalue weighted by atomic mass is 10.0. The average Bonchev–Trinajstić information content (AvgIpc) is 2.38. The minimum atomic E-state index is -4.27. The molecule has 0 aliphatic rings. The van der Waals surface area contributed by atoms with Crippen molar-refractivity contribution in [1.82, 2.24) is 4.98 Å². The standard InChI is InChI=1S/C14H12F3NO/c15-14(16,17)8-12-7-6-11(9-18-12)13(19)10-4-2-1-3-5-10/h1-7,9,13,19H,8H2. The summed E-state index contributed by atoms with van der Waals surface area (Å²) in [4.78, 5) is 3.73. The Morgan fingerprint density at radius 3 is 2.21 bits per heavy atom. The average molecular weight is 267 g/mol. The van der Waals surface area contributed by atoms with E-state index in [1.807, 2.05) is 6.07 Å². The maximum Gasteiger partial charge on any atom is 0.394 e. The number of halogens is 3. The van der Waals surface area contributed by atoms with E-state index in [1.54, 1.807) is 24.3 Å². The van der Waals surface area contributed by atoms with E-state index in [-0.39, 0.29) is 5.69 Å². The van der Waals surface area contributed by atoms with Gasteiger partial charge in [0.15, 0.2) is 0 Å². The van der Waals surface area contributed by atoms with Gasteiger partial charge in [-0.05, 0) is 11.6 Å². The van der Waals surface area contributed by atoms with Crippen LogP contribution in [0.3, 0.4) is 0 Å². The Labute approximate surface area is 108 Å². The van der Waals surface area contributed by atoms with Crippen LogP contribution in [0.25, 0.3) is 0 Å². The molecule has 5 heteroatoms. The fourth-order valence-electron chi connectivity index (χ4n) is 1.74. The number of alkyl halides is 3. The summed E-state index contributed by atoms with van der Waals surface area (Å²) in [5.74, 6) is 0. The molecule has 0 bridgehead atoms. The SMILES string of the molecule is OC(c1ccccc1)c1ccc(CC(F)(F)F)nc1. The molecule has 2 nitrogen and oxygen atoms in total. The van der Waals surface area contributed by atoms with E-state index >= 15 is 0 Å². The van der Waals surface area contributed by atoms with Crippen molar-refractivity contribution in [3.8, 4) is 0 Å². The summed E-state index contributed by atoms with van der Waals surface area (Å²) in [7, 11) is 0. The minimum Gasteiger partial charge on any atom is -0.384 e. The van der Waals surface area contributed by atoms with Crippen molar-refractivity contribution in [2.45, 2.75) is 18.7 Å². The number of aliphatic hydroxyl groups is 1. The van der Waals surface area contributed by atoms with Crippen LogP contribution in [0.5, 0.6) is 0 Å². The zero-order valence-electron chi connectivity index (χ0n) is 9.93. The number of pyridine rings is 1. The Balaban J connectivity index is 2.15. The summed E-state index contributed by atoms with van der Waals surface area (Å²) in [6.07, 6.45) is -4.94. The molecule has 0 radical (unpaired) electrons. The second kappa shape index (κ2) is 5.40. The van der Waals surface area contributed by atoms with Crippen molar-refractivity contribution in [3.05, 3.63) is 65.5 Å². The molecular weight excluding hydrogens is 255 g/mol. The minimum absolute atomic E-state index is 0.0588. The van der Waals surface area contributed by atoms with E-state index in [4.69, 9.17) is 0 Å². The summed E-state index contributed by atoms with van der Waals surface area (Å²) in [5.41, 5.74) is 1.08. The van der Waals surface area contributed by atoms with Gasteiger partial charge in [0.2, 0.25) is 0 Å². The van der Waals surface area contributed by atoms with Crippen LogP contribution in [-0.4, -0.2) is 16.3 Å². The molecule has 19 heavy (non-hydrogen) atoms. The van der Waals surface area contributed by atoms with E-state index in [1.165, 1.54) is 18.3 Å². The Morgan fingerprint density at radius 1 is 1.00 bits per heavy atom. The first-order chi connectivity index (χ1) is 8.96. The molecule has 2 aromatic rings. The van der Waals surface area contributed by atoms with Crippen LogP contribution in [0.15, 0.2) is 48.7 Å². The molecule has 0 aliphatic heterocycles. The lowest BCUT2D eigenvalue weighted by Gasteiger charge is -2.12. The van der Waals surface area contributed by atoms with E-state index in [0.29, 0.717) is 11.1 Å². The van der Waals surface area contributed by atoms with Gasteiger partial charge >= 0.3 is 6.18 Å². The predicted octanol–water partition coefficient (Wildman–Crippen LogP) is 3.27. The van der Waals surface area contributed by atoms with Crippen LogP contribution in [-0.2, 0) is 6.42 Å². The molecule has 0 spiro atoms. The van der Waals surface area contributed by atoms with Crippen molar-refractivity contribution in [2.75, 3.05) is 0 Å². The van der Waals surface area contributed by atoms with Gasteiger partial charge < -0.3 is 5.11 Å². The van der Waals surface area contributed by atoms with Gasteiger partial charge in [-0.3, -0.25) is 4.98 Å². The number of benzene rings is 1. The highest BCUT2D eigenvalue weighted by Gasteiger charge is 2.28. The normalized spacial score (nSPS) is 13.3. The van der Waals surface area contributed by atoms with E-state index in [0.717, 1.165) is 0 Å². The Morgan fingerprint density at radius 2 is 1.68 bits per heavy atom. The molecule has 1 aromatic heterocycles. The van der Waals surface area contributed by atoms with Gasteiger partial charge in [0.05, 0.1) is 6.42 Å². The Bertz CT molecular complexity index is 523. The highest BCUT2D eigenvalue weighted by atomic mass is 19.4. The first-order valence-corrected chi connectivity index (χ1v) is 5.70. The summed E-state index contributed by atoms with van der Waals surface area (Å²) in [5, 5.41) is 10.1. The third-order valence-corrected chi connectivity index (χ3v) is 2.66. The molecule has 0 fully saturated rings. The van der Waals surface area contributed by atoms with Gasteiger partial charge in [-0.1, -0.05) is 36.4 Å². The summed E-state index contributed by atoms with van der Waals surface area (Å²) in [6, 6.07) is 11.6. The molecule has 100 valence electrons. The molecule has 0 amide bonds. The van der Waals surface area contributed by atoms with Gasteiger partial charge in [0.25, 0.3) is 0 Å². The van der Waals surface area contributed by atoms with Gasteiger partial charge in [0, 0.05) is 17.5 Å². The molecule has 1 heterocycles. The van der Waals surface area contributed by atoms with Gasteiger partial charge in [-0.2, -0.15) is 13.2 Å². The molecular formula is C14H12F3NO. The number of aliphatic hydroxyl groups excluding tert-OH is 1. The maximum absolute atomic E-state index is 12.2. The molecule has 0 saturated heterocycles. The fraction of sp³-hybridized carbons (Fsp3) is 0.214. The van der Waals surface area contributed by atoms with Crippen molar-refractivity contribution >= 4 is 0 Å². The number of hydrogen-bond acceptors (Lipinski definition) is 2. The van der Waals surface area contributed by atoms with Crippen LogP contribution in [0.2, 0.25) is 0 Å². The monoisotopic (exact) mass is 267 g/mol. The van der Waals surface area contributed by atoms with Crippen LogP contribution in [0.1, 0.15) is 22.9 Å². The van der Waals surface area contributed by atoms with Crippen LogP contribution in [0.4, 0.5) is 13.2 Å². The Hall–Kier alpha value is -1.88. The highest BCUT2D eigenvalue weighted by molar-refractivity contribution is 5.28. The third kappa shape index (κ3) is 3.79. The molecule has 0 aliphatic carbocycles. The van der Waals surface area contributed by atoms with Crippen LogP contribution >= 0.6 is 0 Å². The second-order valence-electron chi connectivity index (χ2n) is 4.19. The van der Waals surface area contributed by atoms with Crippen molar-refractivity contribution in [1.29, 1.82) is 0 Å². The van der Waals surface area contributed by atoms with Crippen molar-refractivity contribution < 1.29 is 18.3 Å². The topological polar surface area (TPSA) is 33.1 Å². The largest absolute Gasteiger partial charge is 0.394 e. The van der Waals surface area contributed by atoms with Crippen molar-refractivity contribution in [2.24, 2.45) is 0 Å². The fourth-order valence-corrected chi connectivity index (χ4v) is 1.74. The zero-order chi connectivity index (χ0) is 13.9. The number of hydrogen-bond donors (Lipinski definition) is 1. The van der Waals surface area contributed by atoms with Crippen LogP contribution in [0, 0.1) is 0 Å². The lowest BCUT2D eigenvalue weighted by molar-refractivity contribution is -0.127. The van der Waals surface area contributed by atoms with E-state index < -0.39 is 18.7 Å². The smallest absolute Gasteiger partial charge is 0.384 e. The Kier molecular flexibility index (Phi) is 3.85. The first-order valence-electron chi connectivity index (χ1n) is 5.70. The number of rotatable bonds is 3. The highest BCUT2D eigenvalue weighted by Crippen LogP contribution is 2.23. The van der Waals surface area contributed by atoms with Crippen LogP contribution < -0.4 is 0 Å². The lowest BCUT2D eigenvalue weighted by Crippen LogP contribution is -2.13. The van der Waals surface area contributed by atoms with Crippen molar-refractivity contribution in [3.63, 3.8) is 0 Å². The summed E-state index contributed by atoms with van der Waals surface area (Å²) in [6.45, 7) is 0. The van der Waals surface area contributed by atoms with E-state index in [2.05, 4.69) is 4.98 Å². The summed E-state index contributed by atoms with van der Waals surface area (Å²) >= 11 is 0. The predicted molar refractivity (Wildman–Crippen MR) is 64.5 cm³/mol. The molecule has 1 atom stereocenters. The van der Waals surface area contributed by atoms with E-state index in [9.17, 15) is 18.3 Å². The molecule has 0 saturated carbocycles.